The molecule has 0 aliphatic rings. The van der Waals surface area contributed by atoms with Crippen molar-refractivity contribution in [1.29, 1.82) is 0 Å². The molecule has 0 bridgehead atoms. The van der Waals surface area contributed by atoms with Crippen LogP contribution in [-0.4, -0.2) is 0 Å². The van der Waals surface area contributed by atoms with Crippen LogP contribution < -0.4 is 11.3 Å². The predicted octanol–water partition coefficient (Wildman–Crippen LogP) is 3.75. The van der Waals surface area contributed by atoms with Crippen molar-refractivity contribution in [3.8, 4) is 0 Å². The average molecular weight is 290 g/mol. The Morgan fingerprint density at radius 1 is 0.905 bits per heavy atom. The van der Waals surface area contributed by atoms with Crippen molar-refractivity contribution in [3.05, 3.63) is 69.3 Å². The molecule has 21 heavy (non-hydrogen) atoms. The van der Waals surface area contributed by atoms with Gasteiger partial charge < -0.3 is 0 Å². The van der Waals surface area contributed by atoms with Gasteiger partial charge >= 0.3 is 0 Å². The minimum Gasteiger partial charge on any atom is -0.271 e. The van der Waals surface area contributed by atoms with Gasteiger partial charge in [0.15, 0.2) is 0 Å². The van der Waals surface area contributed by atoms with Gasteiger partial charge in [-0.15, -0.1) is 0 Å². The van der Waals surface area contributed by atoms with Crippen LogP contribution in [0.3, 0.4) is 0 Å². The smallest absolute Gasteiger partial charge is 0.134 e. The Morgan fingerprint density at radius 3 is 2.00 bits per heavy atom. The molecule has 0 amide bonds. The quantitative estimate of drug-likeness (QED) is 0.667. The third-order valence-electron chi connectivity index (χ3n) is 3.80. The summed E-state index contributed by atoms with van der Waals surface area (Å²) in [6.07, 6.45) is 0. The second-order valence-electron chi connectivity index (χ2n) is 5.50. The standard InChI is InChI=1S/C17H20F2N2/c1-9-7-11(3)14(12(4)8-9)17(21-20)15-13(18)6-5-10(2)16(15)19/h5-8,17,21H,20H2,1-4H3. The van der Waals surface area contributed by atoms with E-state index >= 15 is 0 Å². The van der Waals surface area contributed by atoms with Crippen LogP contribution in [-0.2, 0) is 0 Å². The normalized spacial score (nSPS) is 12.5. The second kappa shape index (κ2) is 5.92. The van der Waals surface area contributed by atoms with Crippen LogP contribution in [0, 0.1) is 39.3 Å². The first-order valence-electron chi connectivity index (χ1n) is 6.85. The predicted molar refractivity (Wildman–Crippen MR) is 80.9 cm³/mol. The van der Waals surface area contributed by atoms with Gasteiger partial charge in [-0.1, -0.05) is 23.8 Å². The highest BCUT2D eigenvalue weighted by molar-refractivity contribution is 5.45. The molecule has 0 aromatic heterocycles. The number of nitrogens with one attached hydrogen (secondary N) is 1. The van der Waals surface area contributed by atoms with E-state index in [9.17, 15) is 8.78 Å². The van der Waals surface area contributed by atoms with E-state index in [1.807, 2.05) is 32.9 Å². The average Bonchev–Trinajstić information content (AvgIpc) is 2.40. The Labute approximate surface area is 124 Å². The first-order valence-corrected chi connectivity index (χ1v) is 6.85. The first kappa shape index (κ1) is 15.6. The number of aryl methyl sites for hydroxylation is 4. The van der Waals surface area contributed by atoms with Crippen LogP contribution in [0.4, 0.5) is 8.78 Å². The number of rotatable bonds is 3. The van der Waals surface area contributed by atoms with E-state index in [1.165, 1.54) is 12.1 Å². The number of halogens is 2. The molecule has 0 radical (unpaired) electrons. The van der Waals surface area contributed by atoms with E-state index < -0.39 is 17.7 Å². The highest BCUT2D eigenvalue weighted by atomic mass is 19.1. The van der Waals surface area contributed by atoms with Gasteiger partial charge in [-0.05, 0) is 56.0 Å². The largest absolute Gasteiger partial charge is 0.271 e. The van der Waals surface area contributed by atoms with Crippen LogP contribution in [0.2, 0.25) is 0 Å². The fourth-order valence-corrected chi connectivity index (χ4v) is 2.90. The summed E-state index contributed by atoms with van der Waals surface area (Å²) < 4.78 is 28.6. The third kappa shape index (κ3) is 2.82. The molecule has 112 valence electrons. The molecule has 2 rings (SSSR count). The maximum absolute atomic E-state index is 14.4. The van der Waals surface area contributed by atoms with Gasteiger partial charge in [0.25, 0.3) is 0 Å². The number of benzene rings is 2. The lowest BCUT2D eigenvalue weighted by molar-refractivity contribution is 0.505. The summed E-state index contributed by atoms with van der Waals surface area (Å²) in [6, 6.07) is 5.95. The summed E-state index contributed by atoms with van der Waals surface area (Å²) in [5.41, 5.74) is 6.75. The lowest BCUT2D eigenvalue weighted by Gasteiger charge is -2.23. The van der Waals surface area contributed by atoms with E-state index in [-0.39, 0.29) is 5.56 Å². The van der Waals surface area contributed by atoms with Crippen LogP contribution in [0.5, 0.6) is 0 Å². The van der Waals surface area contributed by atoms with Crippen molar-refractivity contribution >= 4 is 0 Å². The molecule has 2 aromatic rings. The Hall–Kier alpha value is -1.78. The summed E-state index contributed by atoms with van der Waals surface area (Å²) in [5, 5.41) is 0. The van der Waals surface area contributed by atoms with Gasteiger partial charge in [0.1, 0.15) is 11.6 Å². The van der Waals surface area contributed by atoms with Gasteiger partial charge in [-0.25, -0.2) is 14.2 Å². The number of hydrogen-bond donors (Lipinski definition) is 2. The molecule has 0 aliphatic carbocycles. The van der Waals surface area contributed by atoms with E-state index in [2.05, 4.69) is 5.43 Å². The molecule has 2 aromatic carbocycles. The molecule has 1 atom stereocenters. The van der Waals surface area contributed by atoms with E-state index in [4.69, 9.17) is 5.84 Å². The summed E-state index contributed by atoms with van der Waals surface area (Å²) in [7, 11) is 0. The number of nitrogens with two attached hydrogens (primary N) is 1. The van der Waals surface area contributed by atoms with Crippen molar-refractivity contribution in [2.75, 3.05) is 0 Å². The fourth-order valence-electron chi connectivity index (χ4n) is 2.90. The maximum atomic E-state index is 14.4. The lowest BCUT2D eigenvalue weighted by Crippen LogP contribution is -2.31. The molecule has 0 fully saturated rings. The third-order valence-corrected chi connectivity index (χ3v) is 3.80. The second-order valence-corrected chi connectivity index (χ2v) is 5.50. The van der Waals surface area contributed by atoms with Crippen LogP contribution in [0.25, 0.3) is 0 Å². The zero-order valence-electron chi connectivity index (χ0n) is 12.7. The summed E-state index contributed by atoms with van der Waals surface area (Å²) in [4.78, 5) is 0. The molecular weight excluding hydrogens is 270 g/mol. The zero-order valence-corrected chi connectivity index (χ0v) is 12.7. The molecule has 0 heterocycles. The molecule has 3 N–H and O–H groups in total. The Morgan fingerprint density at radius 2 is 1.48 bits per heavy atom. The molecule has 2 nitrogen and oxygen atoms in total. The SMILES string of the molecule is Cc1cc(C)c(C(NN)c2c(F)ccc(C)c2F)c(C)c1. The van der Waals surface area contributed by atoms with Gasteiger partial charge in [0.05, 0.1) is 6.04 Å². The Kier molecular flexibility index (Phi) is 4.40. The minimum atomic E-state index is -0.717. The highest BCUT2D eigenvalue weighted by Gasteiger charge is 2.25. The zero-order chi connectivity index (χ0) is 15.7. The van der Waals surface area contributed by atoms with Crippen molar-refractivity contribution in [2.24, 2.45) is 5.84 Å². The van der Waals surface area contributed by atoms with Gasteiger partial charge in [0.2, 0.25) is 0 Å². The Balaban J connectivity index is 2.69. The van der Waals surface area contributed by atoms with Gasteiger partial charge in [-0.3, -0.25) is 5.84 Å². The van der Waals surface area contributed by atoms with E-state index in [0.29, 0.717) is 5.56 Å². The summed E-state index contributed by atoms with van der Waals surface area (Å²) in [5.74, 6) is 4.46. The van der Waals surface area contributed by atoms with Crippen molar-refractivity contribution in [3.63, 3.8) is 0 Å². The molecule has 0 saturated carbocycles. The van der Waals surface area contributed by atoms with Crippen molar-refractivity contribution < 1.29 is 8.78 Å². The number of hydrogen-bond acceptors (Lipinski definition) is 2. The lowest BCUT2D eigenvalue weighted by atomic mass is 9.89. The monoisotopic (exact) mass is 290 g/mol. The molecule has 0 spiro atoms. The van der Waals surface area contributed by atoms with Crippen LogP contribution in [0.1, 0.15) is 39.4 Å². The fraction of sp³-hybridized carbons (Fsp3) is 0.294. The molecule has 1 unspecified atom stereocenters. The highest BCUT2D eigenvalue weighted by Crippen LogP contribution is 2.32. The molecule has 0 saturated heterocycles. The summed E-state index contributed by atoms with van der Waals surface area (Å²) >= 11 is 0. The van der Waals surface area contributed by atoms with Crippen LogP contribution >= 0.6 is 0 Å². The maximum Gasteiger partial charge on any atom is 0.134 e. The van der Waals surface area contributed by atoms with Gasteiger partial charge in [0, 0.05) is 5.56 Å². The minimum absolute atomic E-state index is 0.0347. The van der Waals surface area contributed by atoms with Gasteiger partial charge in [-0.2, -0.15) is 0 Å². The van der Waals surface area contributed by atoms with Crippen LogP contribution in [0.15, 0.2) is 24.3 Å². The topological polar surface area (TPSA) is 38.0 Å². The van der Waals surface area contributed by atoms with Crippen molar-refractivity contribution in [2.45, 2.75) is 33.7 Å². The van der Waals surface area contributed by atoms with E-state index in [0.717, 1.165) is 22.3 Å². The van der Waals surface area contributed by atoms with Crippen molar-refractivity contribution in [1.82, 2.24) is 5.43 Å². The first-order chi connectivity index (χ1) is 9.86. The Bertz CT molecular complexity index is 658. The molecular formula is C17H20F2N2. The molecule has 4 heteroatoms. The molecule has 0 aliphatic heterocycles. The number of hydrazine groups is 1. The summed E-state index contributed by atoms with van der Waals surface area (Å²) in [6.45, 7) is 7.44. The van der Waals surface area contributed by atoms with E-state index in [1.54, 1.807) is 6.92 Å².